The molecular formula is C21H33IN6O. The van der Waals surface area contributed by atoms with Gasteiger partial charge in [0, 0.05) is 38.3 Å². The van der Waals surface area contributed by atoms with Crippen molar-refractivity contribution in [1.29, 1.82) is 0 Å². The second-order valence-electron chi connectivity index (χ2n) is 7.13. The number of likely N-dealkylation sites (N-methyl/N-ethyl adjacent to an activating group) is 1. The number of hydrogen-bond donors (Lipinski definition) is 2. The Labute approximate surface area is 191 Å². The first-order valence-electron chi connectivity index (χ1n) is 10.2. The molecule has 1 aliphatic heterocycles. The maximum Gasteiger partial charge on any atom is 0.226 e. The minimum Gasteiger partial charge on any atom is -0.444 e. The van der Waals surface area contributed by atoms with E-state index in [4.69, 9.17) is 4.42 Å². The highest BCUT2D eigenvalue weighted by Crippen LogP contribution is 2.18. The van der Waals surface area contributed by atoms with Crippen LogP contribution in [0.1, 0.15) is 19.0 Å². The van der Waals surface area contributed by atoms with Crippen LogP contribution in [0.15, 0.2) is 46.0 Å². The molecule has 0 amide bonds. The van der Waals surface area contributed by atoms with E-state index in [0.29, 0.717) is 12.4 Å². The molecular weight excluding hydrogens is 479 g/mol. The predicted molar refractivity (Wildman–Crippen MR) is 129 cm³/mol. The SMILES string of the molecule is CCNC(=NCc1coc(-c2ccccc2)n1)NCCN1CCCN(C)CC1.I. The fourth-order valence-corrected chi connectivity index (χ4v) is 3.25. The summed E-state index contributed by atoms with van der Waals surface area (Å²) < 4.78 is 5.59. The standard InChI is InChI=1S/C21H32N6O.HI/c1-3-22-21(23-10-13-27-12-7-11-26(2)14-15-27)24-16-19-17-28-20(25-19)18-8-5-4-6-9-18;/h4-6,8-9,17H,3,7,10-16H2,1-2H3,(H2,22,23,24);1H. The van der Waals surface area contributed by atoms with Gasteiger partial charge in [-0.15, -0.1) is 24.0 Å². The second kappa shape index (κ2) is 12.8. The third-order valence-corrected chi connectivity index (χ3v) is 4.85. The number of nitrogens with one attached hydrogen (secondary N) is 2. The fraction of sp³-hybridized carbons (Fsp3) is 0.524. The van der Waals surface area contributed by atoms with E-state index in [1.165, 1.54) is 19.5 Å². The Hall–Kier alpha value is -1.65. The van der Waals surface area contributed by atoms with Crippen molar-refractivity contribution in [2.45, 2.75) is 19.9 Å². The van der Waals surface area contributed by atoms with Crippen LogP contribution in [0.4, 0.5) is 0 Å². The van der Waals surface area contributed by atoms with Crippen molar-refractivity contribution < 1.29 is 4.42 Å². The number of nitrogens with zero attached hydrogens (tertiary/aromatic N) is 4. The molecule has 2 aromatic rings. The Morgan fingerprint density at radius 3 is 2.76 bits per heavy atom. The highest BCUT2D eigenvalue weighted by Gasteiger charge is 2.11. The van der Waals surface area contributed by atoms with Gasteiger partial charge in [-0.2, -0.15) is 0 Å². The van der Waals surface area contributed by atoms with Crippen LogP contribution >= 0.6 is 24.0 Å². The number of benzene rings is 1. The van der Waals surface area contributed by atoms with Crippen molar-refractivity contribution in [3.63, 3.8) is 0 Å². The molecule has 1 saturated heterocycles. The predicted octanol–water partition coefficient (Wildman–Crippen LogP) is 2.65. The van der Waals surface area contributed by atoms with Crippen molar-refractivity contribution in [3.05, 3.63) is 42.3 Å². The van der Waals surface area contributed by atoms with Gasteiger partial charge in [-0.1, -0.05) is 18.2 Å². The Morgan fingerprint density at radius 1 is 1.14 bits per heavy atom. The van der Waals surface area contributed by atoms with Crippen LogP contribution in [-0.4, -0.2) is 73.6 Å². The molecule has 8 heteroatoms. The highest BCUT2D eigenvalue weighted by molar-refractivity contribution is 14.0. The summed E-state index contributed by atoms with van der Waals surface area (Å²) in [7, 11) is 2.20. The van der Waals surface area contributed by atoms with Gasteiger partial charge in [0.1, 0.15) is 12.0 Å². The molecule has 0 atom stereocenters. The molecule has 0 saturated carbocycles. The Kier molecular flexibility index (Phi) is 10.4. The lowest BCUT2D eigenvalue weighted by atomic mass is 10.2. The smallest absolute Gasteiger partial charge is 0.226 e. The normalized spacial score (nSPS) is 16.1. The van der Waals surface area contributed by atoms with Crippen molar-refractivity contribution in [3.8, 4) is 11.5 Å². The zero-order chi connectivity index (χ0) is 19.6. The Balaban J connectivity index is 0.00000300. The van der Waals surface area contributed by atoms with E-state index >= 15 is 0 Å². The Morgan fingerprint density at radius 2 is 1.97 bits per heavy atom. The molecule has 1 fully saturated rings. The molecule has 2 N–H and O–H groups in total. The monoisotopic (exact) mass is 512 g/mol. The molecule has 7 nitrogen and oxygen atoms in total. The topological polar surface area (TPSA) is 68.9 Å². The molecule has 2 heterocycles. The van der Waals surface area contributed by atoms with E-state index in [1.807, 2.05) is 30.3 Å². The van der Waals surface area contributed by atoms with Gasteiger partial charge < -0.3 is 24.9 Å². The minimum absolute atomic E-state index is 0. The molecule has 1 aliphatic rings. The number of rotatable bonds is 7. The molecule has 1 aromatic heterocycles. The van der Waals surface area contributed by atoms with Gasteiger partial charge in [-0.3, -0.25) is 0 Å². The molecule has 0 radical (unpaired) electrons. The number of guanidine groups is 1. The molecule has 29 heavy (non-hydrogen) atoms. The zero-order valence-electron chi connectivity index (χ0n) is 17.4. The lowest BCUT2D eigenvalue weighted by Gasteiger charge is -2.21. The maximum absolute atomic E-state index is 5.59. The lowest BCUT2D eigenvalue weighted by molar-refractivity contribution is 0.280. The average molecular weight is 512 g/mol. The van der Waals surface area contributed by atoms with E-state index in [2.05, 4.69) is 44.4 Å². The largest absolute Gasteiger partial charge is 0.444 e. The molecule has 160 valence electrons. The number of aliphatic imine (C=N–C) groups is 1. The summed E-state index contributed by atoms with van der Waals surface area (Å²) in [6, 6.07) is 9.92. The third kappa shape index (κ3) is 7.94. The molecule has 0 bridgehead atoms. The van der Waals surface area contributed by atoms with E-state index < -0.39 is 0 Å². The molecule has 1 aromatic carbocycles. The van der Waals surface area contributed by atoms with Crippen LogP contribution in [0.25, 0.3) is 11.5 Å². The van der Waals surface area contributed by atoms with Crippen LogP contribution in [0, 0.1) is 0 Å². The van der Waals surface area contributed by atoms with Crippen molar-refractivity contribution in [2.24, 2.45) is 4.99 Å². The van der Waals surface area contributed by atoms with Gasteiger partial charge in [-0.25, -0.2) is 9.98 Å². The third-order valence-electron chi connectivity index (χ3n) is 4.85. The maximum atomic E-state index is 5.59. The van der Waals surface area contributed by atoms with Crippen LogP contribution in [0.5, 0.6) is 0 Å². The first-order valence-corrected chi connectivity index (χ1v) is 10.2. The first kappa shape index (κ1) is 23.6. The second-order valence-corrected chi connectivity index (χ2v) is 7.13. The van der Waals surface area contributed by atoms with Crippen molar-refractivity contribution in [1.82, 2.24) is 25.4 Å². The van der Waals surface area contributed by atoms with Gasteiger partial charge in [0.05, 0.1) is 6.54 Å². The first-order chi connectivity index (χ1) is 13.7. The van der Waals surface area contributed by atoms with Crippen LogP contribution in [-0.2, 0) is 6.54 Å². The van der Waals surface area contributed by atoms with Crippen LogP contribution < -0.4 is 10.6 Å². The van der Waals surface area contributed by atoms with Crippen LogP contribution in [0.2, 0.25) is 0 Å². The zero-order valence-corrected chi connectivity index (χ0v) is 19.8. The van der Waals surface area contributed by atoms with Crippen LogP contribution in [0.3, 0.4) is 0 Å². The molecule has 0 spiro atoms. The summed E-state index contributed by atoms with van der Waals surface area (Å²) >= 11 is 0. The number of aromatic nitrogens is 1. The molecule has 3 rings (SSSR count). The van der Waals surface area contributed by atoms with E-state index in [0.717, 1.165) is 49.9 Å². The lowest BCUT2D eigenvalue weighted by Crippen LogP contribution is -2.42. The molecule has 0 aliphatic carbocycles. The van der Waals surface area contributed by atoms with E-state index in [-0.39, 0.29) is 24.0 Å². The van der Waals surface area contributed by atoms with Gasteiger partial charge in [0.15, 0.2) is 5.96 Å². The highest BCUT2D eigenvalue weighted by atomic mass is 127. The van der Waals surface area contributed by atoms with Gasteiger partial charge in [0.25, 0.3) is 0 Å². The van der Waals surface area contributed by atoms with E-state index in [1.54, 1.807) is 6.26 Å². The van der Waals surface area contributed by atoms with E-state index in [9.17, 15) is 0 Å². The number of oxazole rings is 1. The van der Waals surface area contributed by atoms with Gasteiger partial charge in [-0.05, 0) is 45.6 Å². The summed E-state index contributed by atoms with van der Waals surface area (Å²) in [5, 5.41) is 6.74. The summed E-state index contributed by atoms with van der Waals surface area (Å²) in [6.45, 7) is 9.93. The van der Waals surface area contributed by atoms with Gasteiger partial charge >= 0.3 is 0 Å². The number of hydrogen-bond acceptors (Lipinski definition) is 5. The Bertz CT molecular complexity index is 736. The summed E-state index contributed by atoms with van der Waals surface area (Å²) in [5.74, 6) is 1.45. The summed E-state index contributed by atoms with van der Waals surface area (Å²) in [6.07, 6.45) is 2.92. The van der Waals surface area contributed by atoms with Crippen molar-refractivity contribution >= 4 is 29.9 Å². The minimum atomic E-state index is 0. The van der Waals surface area contributed by atoms with Crippen molar-refractivity contribution in [2.75, 3.05) is 52.9 Å². The molecule has 0 unspecified atom stereocenters. The summed E-state index contributed by atoms with van der Waals surface area (Å²) in [4.78, 5) is 14.1. The number of halogens is 1. The quantitative estimate of drug-likeness (QED) is 0.338. The average Bonchev–Trinajstić information content (AvgIpc) is 3.10. The fourth-order valence-electron chi connectivity index (χ4n) is 3.25. The van der Waals surface area contributed by atoms with Gasteiger partial charge in [0.2, 0.25) is 5.89 Å². The summed E-state index contributed by atoms with van der Waals surface area (Å²) in [5.41, 5.74) is 1.80.